The number of imide groups is 1. The summed E-state index contributed by atoms with van der Waals surface area (Å²) in [5, 5.41) is 8.85. The average molecular weight is 434 g/mol. The van der Waals surface area contributed by atoms with Crippen LogP contribution in [0.2, 0.25) is 5.02 Å². The smallest absolute Gasteiger partial charge is 0.323 e. The molecule has 1 N–H and O–H groups in total. The second kappa shape index (κ2) is 9.02. The molecule has 0 bridgehead atoms. The van der Waals surface area contributed by atoms with Crippen LogP contribution in [-0.2, 0) is 16.2 Å². The number of carboxylic acids is 1. The summed E-state index contributed by atoms with van der Waals surface area (Å²) in [4.78, 5) is 35.7. The molecule has 150 valence electrons. The zero-order valence-corrected chi connectivity index (χ0v) is 16.8. The molecular weight excluding hydrogens is 418 g/mol. The van der Waals surface area contributed by atoms with Gasteiger partial charge in [-0.1, -0.05) is 29.8 Å². The molecule has 2 aromatic carbocycles. The van der Waals surface area contributed by atoms with Gasteiger partial charge in [-0.2, -0.15) is 0 Å². The van der Waals surface area contributed by atoms with Gasteiger partial charge in [0.05, 0.1) is 12.0 Å². The number of halogens is 1. The minimum atomic E-state index is -1.25. The SMILES string of the molecule is COc1cc(/C=C2/SC(=O)N(CC(=O)O)C2=O)ccc1OCc1ccc(Cl)cc1. The van der Waals surface area contributed by atoms with Gasteiger partial charge in [0.2, 0.25) is 0 Å². The molecule has 1 aliphatic heterocycles. The second-order valence-electron chi connectivity index (χ2n) is 5.99. The number of carbonyl (C=O) groups is 3. The van der Waals surface area contributed by atoms with E-state index in [4.69, 9.17) is 26.2 Å². The van der Waals surface area contributed by atoms with Gasteiger partial charge in [-0.3, -0.25) is 19.3 Å². The number of carboxylic acid groups (broad SMARTS) is 1. The molecule has 0 radical (unpaired) electrons. The average Bonchev–Trinajstić information content (AvgIpc) is 2.95. The predicted octanol–water partition coefficient (Wildman–Crippen LogP) is 4.05. The highest BCUT2D eigenvalue weighted by Crippen LogP contribution is 2.34. The lowest BCUT2D eigenvalue weighted by Gasteiger charge is -2.12. The van der Waals surface area contributed by atoms with E-state index in [2.05, 4.69) is 0 Å². The van der Waals surface area contributed by atoms with Crippen LogP contribution in [0, 0.1) is 0 Å². The Bertz CT molecular complexity index is 989. The van der Waals surface area contributed by atoms with Crippen LogP contribution in [-0.4, -0.2) is 40.8 Å². The van der Waals surface area contributed by atoms with E-state index in [-0.39, 0.29) is 4.91 Å². The van der Waals surface area contributed by atoms with E-state index >= 15 is 0 Å². The van der Waals surface area contributed by atoms with Crippen molar-refractivity contribution in [1.29, 1.82) is 0 Å². The Hall–Kier alpha value is -2.97. The van der Waals surface area contributed by atoms with E-state index in [9.17, 15) is 14.4 Å². The van der Waals surface area contributed by atoms with Crippen molar-refractivity contribution < 1.29 is 29.0 Å². The van der Waals surface area contributed by atoms with Gasteiger partial charge in [0, 0.05) is 5.02 Å². The first-order valence-corrected chi connectivity index (χ1v) is 9.59. The fourth-order valence-electron chi connectivity index (χ4n) is 2.56. The zero-order chi connectivity index (χ0) is 21.0. The van der Waals surface area contributed by atoms with Crippen molar-refractivity contribution in [2.45, 2.75) is 6.61 Å². The lowest BCUT2D eigenvalue weighted by molar-refractivity contribution is -0.140. The third-order valence-corrected chi connectivity index (χ3v) is 5.12. The van der Waals surface area contributed by atoms with E-state index < -0.39 is 23.7 Å². The first kappa shape index (κ1) is 20.8. The Labute approximate surface area is 175 Å². The topological polar surface area (TPSA) is 93.1 Å². The molecule has 2 amide bonds. The summed E-state index contributed by atoms with van der Waals surface area (Å²) in [7, 11) is 1.50. The summed E-state index contributed by atoms with van der Waals surface area (Å²) < 4.78 is 11.1. The fraction of sp³-hybridized carbons (Fsp3) is 0.150. The normalized spacial score (nSPS) is 15.1. The van der Waals surface area contributed by atoms with Gasteiger partial charge in [0.1, 0.15) is 13.2 Å². The first-order valence-electron chi connectivity index (χ1n) is 8.40. The van der Waals surface area contributed by atoms with Crippen LogP contribution < -0.4 is 9.47 Å². The molecule has 0 aliphatic carbocycles. The molecule has 1 aliphatic rings. The van der Waals surface area contributed by atoms with Crippen molar-refractivity contribution in [3.63, 3.8) is 0 Å². The maximum atomic E-state index is 12.2. The van der Waals surface area contributed by atoms with Crippen LogP contribution in [0.25, 0.3) is 6.08 Å². The number of rotatable bonds is 7. The minimum Gasteiger partial charge on any atom is -0.493 e. The summed E-state index contributed by atoms with van der Waals surface area (Å²) >= 11 is 6.57. The van der Waals surface area contributed by atoms with Crippen molar-refractivity contribution in [1.82, 2.24) is 4.90 Å². The molecule has 0 aromatic heterocycles. The summed E-state index contributed by atoms with van der Waals surface area (Å²) in [6.45, 7) is -0.343. The summed E-state index contributed by atoms with van der Waals surface area (Å²) in [6.07, 6.45) is 1.51. The highest BCUT2D eigenvalue weighted by Gasteiger charge is 2.36. The van der Waals surface area contributed by atoms with Crippen LogP contribution in [0.3, 0.4) is 0 Å². The molecule has 0 atom stereocenters. The maximum Gasteiger partial charge on any atom is 0.323 e. The minimum absolute atomic E-state index is 0.146. The number of hydrogen-bond acceptors (Lipinski definition) is 6. The number of nitrogens with zero attached hydrogens (tertiary/aromatic N) is 1. The van der Waals surface area contributed by atoms with Crippen LogP contribution >= 0.6 is 23.4 Å². The zero-order valence-electron chi connectivity index (χ0n) is 15.3. The van der Waals surface area contributed by atoms with Crippen molar-refractivity contribution >= 4 is 46.6 Å². The standard InChI is InChI=1S/C20H16ClNO6S/c1-27-16-8-13(9-17-19(25)22(10-18(23)24)20(26)29-17)4-7-15(16)28-11-12-2-5-14(21)6-3-12/h2-9H,10-11H2,1H3,(H,23,24)/b17-9+. The van der Waals surface area contributed by atoms with Crippen molar-refractivity contribution in [3.8, 4) is 11.5 Å². The fourth-order valence-corrected chi connectivity index (χ4v) is 3.52. The molecule has 29 heavy (non-hydrogen) atoms. The van der Waals surface area contributed by atoms with E-state index in [1.165, 1.54) is 13.2 Å². The third kappa shape index (κ3) is 5.10. The van der Waals surface area contributed by atoms with Crippen molar-refractivity contribution in [2.75, 3.05) is 13.7 Å². The van der Waals surface area contributed by atoms with Crippen molar-refractivity contribution in [3.05, 3.63) is 63.5 Å². The lowest BCUT2D eigenvalue weighted by atomic mass is 10.1. The van der Waals surface area contributed by atoms with Gasteiger partial charge >= 0.3 is 5.97 Å². The largest absolute Gasteiger partial charge is 0.493 e. The predicted molar refractivity (Wildman–Crippen MR) is 109 cm³/mol. The van der Waals surface area contributed by atoms with Crippen LogP contribution in [0.15, 0.2) is 47.4 Å². The molecule has 1 saturated heterocycles. The highest BCUT2D eigenvalue weighted by atomic mass is 35.5. The Morgan fingerprint density at radius 2 is 1.90 bits per heavy atom. The second-order valence-corrected chi connectivity index (χ2v) is 7.42. The maximum absolute atomic E-state index is 12.2. The van der Waals surface area contributed by atoms with Crippen molar-refractivity contribution in [2.24, 2.45) is 0 Å². The van der Waals surface area contributed by atoms with Gasteiger partial charge < -0.3 is 14.6 Å². The van der Waals surface area contributed by atoms with Crippen LogP contribution in [0.4, 0.5) is 4.79 Å². The number of carbonyl (C=O) groups excluding carboxylic acids is 2. The summed E-state index contributed by atoms with van der Waals surface area (Å²) in [6, 6.07) is 12.3. The third-order valence-electron chi connectivity index (χ3n) is 3.96. The Balaban J connectivity index is 1.75. The summed E-state index contributed by atoms with van der Waals surface area (Å²) in [5.74, 6) is -0.919. The van der Waals surface area contributed by atoms with Crippen LogP contribution in [0.1, 0.15) is 11.1 Å². The number of methoxy groups -OCH3 is 1. The Morgan fingerprint density at radius 3 is 2.55 bits per heavy atom. The molecule has 3 rings (SSSR count). The number of ether oxygens (including phenoxy) is 2. The van der Waals surface area contributed by atoms with E-state index in [0.717, 1.165) is 5.56 Å². The summed E-state index contributed by atoms with van der Waals surface area (Å²) in [5.41, 5.74) is 1.55. The molecule has 1 heterocycles. The highest BCUT2D eigenvalue weighted by molar-refractivity contribution is 8.18. The molecule has 2 aromatic rings. The van der Waals surface area contributed by atoms with Gasteiger partial charge in [-0.15, -0.1) is 0 Å². The quantitative estimate of drug-likeness (QED) is 0.658. The molecule has 9 heteroatoms. The van der Waals surface area contributed by atoms with Gasteiger partial charge in [-0.05, 0) is 53.2 Å². The molecule has 0 unspecified atom stereocenters. The number of hydrogen-bond donors (Lipinski definition) is 1. The molecule has 0 saturated carbocycles. The molecule has 7 nitrogen and oxygen atoms in total. The van der Waals surface area contributed by atoms with E-state index in [0.29, 0.717) is 45.4 Å². The van der Waals surface area contributed by atoms with Gasteiger partial charge in [0.25, 0.3) is 11.1 Å². The Morgan fingerprint density at radius 1 is 1.17 bits per heavy atom. The number of amides is 2. The molecular formula is C20H16ClNO6S. The number of benzene rings is 2. The van der Waals surface area contributed by atoms with E-state index in [1.54, 1.807) is 30.3 Å². The van der Waals surface area contributed by atoms with Crippen LogP contribution in [0.5, 0.6) is 11.5 Å². The van der Waals surface area contributed by atoms with E-state index in [1.807, 2.05) is 12.1 Å². The van der Waals surface area contributed by atoms with Gasteiger partial charge in [-0.25, -0.2) is 0 Å². The monoisotopic (exact) mass is 433 g/mol. The molecule has 0 spiro atoms. The Kier molecular flexibility index (Phi) is 6.46. The number of aliphatic carboxylic acids is 1. The first-order chi connectivity index (χ1) is 13.9. The molecule has 1 fully saturated rings. The van der Waals surface area contributed by atoms with Gasteiger partial charge in [0.15, 0.2) is 11.5 Å². The number of thioether (sulfide) groups is 1. The lowest BCUT2D eigenvalue weighted by Crippen LogP contribution is -2.33.